The molecule has 6 atom stereocenters. The molecule has 560 valence electrons. The maximum atomic E-state index is 14.8. The Labute approximate surface area is 602 Å². The second kappa shape index (κ2) is 46.8. The number of aliphatic carboxylic acids is 7. The van der Waals surface area contributed by atoms with E-state index < -0.39 is 150 Å². The number of Topliss-reactive ketones (excluding diaryl/α,β-unsaturated/α-hetero) is 1. The van der Waals surface area contributed by atoms with Crippen LogP contribution in [0, 0.1) is 9.49 Å². The van der Waals surface area contributed by atoms with Crippen LogP contribution in [0.25, 0.3) is 0 Å². The largest absolute Gasteiger partial charge is 0.481 e. The maximum absolute atomic E-state index is 14.8. The maximum Gasteiger partial charge on any atom is 0.347 e. The lowest BCUT2D eigenvalue weighted by atomic mass is 9.89. The smallest absolute Gasteiger partial charge is 0.347 e. The number of carbonyl (C=O) groups excluding carboxylic acids is 9. The molecule has 34 heteroatoms. The molecule has 2 aromatic carbocycles. The Bertz CT molecular complexity index is 3330. The number of amides is 6. The first-order valence-electron chi connectivity index (χ1n) is 33.3. The predicted octanol–water partition coefficient (Wildman–Crippen LogP) is 2.19. The average molecular weight is 1550 g/mol. The Kier molecular flexibility index (Phi) is 39.8. The van der Waals surface area contributed by atoms with Crippen LogP contribution in [0.15, 0.2) is 72.3 Å². The van der Waals surface area contributed by atoms with Gasteiger partial charge in [-0.2, -0.15) is 0 Å². The van der Waals surface area contributed by atoms with Gasteiger partial charge < -0.3 is 72.4 Å². The van der Waals surface area contributed by atoms with E-state index in [1.54, 1.807) is 42.2 Å². The standard InChI is InChI=1S/C68H92IN9O24/c1-3-77(41-61(89)90)32-34-78(33-31-76(2)40-60(87)88)52(66(98)99)24-27-58(84)72-51(37-43-21-26-55(47(69)36-43)102-67(100)46-39-45(79)22-25-53(46)80)54(81)38-44(35-42-15-7-6-8-16-42)62(91)73-48(63(92)93)17-11-13-29-70-56(82)19-9-4-5-10-20-57(83)71-30-14-12-18-49(64(94)95)74-68(101)75-50(65(96)97)23-28-59(85)86/h6-8,15-16,21-22,25-26,36,39,44,48-52H,3-5,9-14,17-20,23-24,27-35,37-38,40-41H2,1-2H3,(H,70,82)(H,71,83)(H,72,84)(H,73,91)(H,85,86)(H,87,88)(H,89,90)(H,92,93)(H,94,95)(H,96,97)(H,98,99)(H2,74,75,101)/t44-,48+,49-,50-,51+,52+/m0/s1. The van der Waals surface area contributed by atoms with Crippen molar-refractivity contribution in [2.24, 2.45) is 5.92 Å². The second-order valence-corrected chi connectivity index (χ2v) is 25.5. The van der Waals surface area contributed by atoms with Crippen LogP contribution >= 0.6 is 22.6 Å². The van der Waals surface area contributed by atoms with E-state index in [4.69, 9.17) is 9.84 Å². The summed E-state index contributed by atoms with van der Waals surface area (Å²) >= 11 is 1.83. The first kappa shape index (κ1) is 86.7. The van der Waals surface area contributed by atoms with Crippen LogP contribution in [0.4, 0.5) is 4.79 Å². The first-order valence-corrected chi connectivity index (χ1v) is 34.4. The topological polar surface area (TPSA) is 506 Å². The van der Waals surface area contributed by atoms with E-state index >= 15 is 0 Å². The number of benzene rings is 2. The van der Waals surface area contributed by atoms with Gasteiger partial charge in [-0.1, -0.05) is 56.2 Å². The molecule has 0 heterocycles. The Morgan fingerprint density at radius 3 is 1.64 bits per heavy atom. The summed E-state index contributed by atoms with van der Waals surface area (Å²) in [4.78, 5) is 205. The number of ether oxygens (including phenoxy) is 1. The number of nitrogens with one attached hydrogen (secondary N) is 6. The molecule has 0 saturated carbocycles. The highest BCUT2D eigenvalue weighted by molar-refractivity contribution is 14.1. The molecule has 0 spiro atoms. The summed E-state index contributed by atoms with van der Waals surface area (Å²) in [6, 6.07) is 4.61. The van der Waals surface area contributed by atoms with Crippen LogP contribution in [0.1, 0.15) is 127 Å². The van der Waals surface area contributed by atoms with Crippen molar-refractivity contribution in [2.75, 3.05) is 66.0 Å². The van der Waals surface area contributed by atoms with Gasteiger partial charge in [0.15, 0.2) is 17.3 Å². The monoisotopic (exact) mass is 1550 g/mol. The Hall–Kier alpha value is -9.55. The molecule has 1 aliphatic carbocycles. The molecule has 0 unspecified atom stereocenters. The van der Waals surface area contributed by atoms with Crippen molar-refractivity contribution in [1.29, 1.82) is 0 Å². The molecule has 0 radical (unpaired) electrons. The molecule has 3 rings (SSSR count). The predicted molar refractivity (Wildman–Crippen MR) is 370 cm³/mol. The van der Waals surface area contributed by atoms with Gasteiger partial charge in [-0.05, 0) is 149 Å². The molecule has 6 amide bonds. The number of unbranched alkanes of at least 4 members (excludes halogenated alkanes) is 5. The van der Waals surface area contributed by atoms with Gasteiger partial charge in [0.05, 0.1) is 22.7 Å². The fraction of sp³-hybridized carbons (Fsp3) is 0.529. The summed E-state index contributed by atoms with van der Waals surface area (Å²) in [6.45, 7) is 1.88. The molecule has 0 fully saturated rings. The number of halogens is 1. The van der Waals surface area contributed by atoms with Gasteiger partial charge in [0.2, 0.25) is 23.6 Å². The first-order chi connectivity index (χ1) is 48.3. The molecule has 102 heavy (non-hydrogen) atoms. The Morgan fingerprint density at radius 1 is 0.529 bits per heavy atom. The zero-order chi connectivity index (χ0) is 75.8. The normalized spacial score (nSPS) is 13.7. The van der Waals surface area contributed by atoms with Crippen LogP contribution in [0.5, 0.6) is 5.75 Å². The van der Waals surface area contributed by atoms with Crippen LogP contribution in [-0.4, -0.2) is 241 Å². The molecule has 33 nitrogen and oxygen atoms in total. The van der Waals surface area contributed by atoms with Crippen molar-refractivity contribution < 1.29 is 117 Å². The molecule has 1 aliphatic rings. The number of carbonyl (C=O) groups is 16. The van der Waals surface area contributed by atoms with Crippen molar-refractivity contribution in [3.8, 4) is 5.75 Å². The molecule has 0 aliphatic heterocycles. The highest BCUT2D eigenvalue weighted by atomic mass is 127. The summed E-state index contributed by atoms with van der Waals surface area (Å²) in [5.41, 5.74) is 0.472. The van der Waals surface area contributed by atoms with E-state index in [9.17, 15) is 107 Å². The molecular formula is C68H92IN9O24. The Morgan fingerprint density at radius 2 is 1.10 bits per heavy atom. The van der Waals surface area contributed by atoms with Crippen LogP contribution in [0.3, 0.4) is 0 Å². The summed E-state index contributed by atoms with van der Waals surface area (Å²) < 4.78 is 5.75. The third-order valence-corrected chi connectivity index (χ3v) is 17.1. The quantitative estimate of drug-likeness (QED) is 0.0113. The lowest BCUT2D eigenvalue weighted by Gasteiger charge is -2.32. The zero-order valence-corrected chi connectivity index (χ0v) is 59.1. The number of likely N-dealkylation sites (N-methyl/N-ethyl adjacent to an activating group) is 2. The highest BCUT2D eigenvalue weighted by Gasteiger charge is 2.34. The molecule has 2 aromatic rings. The van der Waals surface area contributed by atoms with Gasteiger partial charge in [0.1, 0.15) is 35.5 Å². The van der Waals surface area contributed by atoms with E-state index in [0.717, 1.165) is 18.2 Å². The van der Waals surface area contributed by atoms with E-state index in [-0.39, 0.29) is 128 Å². The van der Waals surface area contributed by atoms with Gasteiger partial charge in [-0.25, -0.2) is 24.0 Å². The lowest BCUT2D eigenvalue weighted by Crippen LogP contribution is -2.51. The van der Waals surface area contributed by atoms with Gasteiger partial charge in [0.25, 0.3) is 0 Å². The fourth-order valence-corrected chi connectivity index (χ4v) is 11.3. The number of esters is 1. The number of allylic oxidation sites excluding steroid dienone is 3. The average Bonchev–Trinajstić information content (AvgIpc) is 0.834. The van der Waals surface area contributed by atoms with Crippen molar-refractivity contribution in [3.05, 3.63) is 87.0 Å². The number of hydrogen-bond donors (Lipinski definition) is 13. The van der Waals surface area contributed by atoms with Gasteiger partial charge in [0, 0.05) is 83.4 Å². The number of urea groups is 1. The number of carboxylic acid groups (broad SMARTS) is 7. The molecule has 0 bridgehead atoms. The number of ketones is 3. The molecule has 13 N–H and O–H groups in total. The van der Waals surface area contributed by atoms with Crippen LogP contribution in [0.2, 0.25) is 0 Å². The summed E-state index contributed by atoms with van der Waals surface area (Å²) in [7, 11) is 1.52. The number of carboxylic acids is 7. The van der Waals surface area contributed by atoms with Crippen molar-refractivity contribution in [2.45, 2.75) is 159 Å². The van der Waals surface area contributed by atoms with Crippen molar-refractivity contribution >= 4 is 117 Å². The summed E-state index contributed by atoms with van der Waals surface area (Å²) in [6.07, 6.45) is 3.88. The summed E-state index contributed by atoms with van der Waals surface area (Å²) in [5.74, 6) is -15.6. The number of nitrogens with zero attached hydrogens (tertiary/aromatic N) is 3. The number of hydrogen-bond acceptors (Lipinski definition) is 20. The molecule has 0 aromatic heterocycles. The zero-order valence-electron chi connectivity index (χ0n) is 56.9. The van der Waals surface area contributed by atoms with Gasteiger partial charge >= 0.3 is 53.8 Å². The minimum atomic E-state index is -1.55. The minimum absolute atomic E-state index is 0.000646. The van der Waals surface area contributed by atoms with E-state index in [1.807, 2.05) is 22.6 Å². The van der Waals surface area contributed by atoms with Crippen molar-refractivity contribution in [3.63, 3.8) is 0 Å². The van der Waals surface area contributed by atoms with E-state index in [1.165, 1.54) is 35.0 Å². The SMILES string of the molecule is CCN(CCN(CCN(C)CC(=O)O)[C@H](CCC(=O)N[C@H](Cc1ccc(OC(=O)C2=CC(=O)C=CC2=O)c(I)c1)C(=O)C[C@H](Cc1ccccc1)C(=O)N[C@H](CCCCNC(=O)CCCCCCC(=O)NCCCC[C@H](NC(=O)N[C@@H](CCC(=O)O)C(=O)O)C(=O)O)C(=O)O)C(=O)O)CC(=O)O. The number of rotatable bonds is 53. The fourth-order valence-electron chi connectivity index (χ4n) is 10.6. The van der Waals surface area contributed by atoms with Crippen LogP contribution < -0.4 is 36.6 Å². The highest BCUT2D eigenvalue weighted by Crippen LogP contribution is 2.26. The van der Waals surface area contributed by atoms with Gasteiger partial charge in [-0.15, -0.1) is 0 Å². The second-order valence-electron chi connectivity index (χ2n) is 24.4. The van der Waals surface area contributed by atoms with E-state index in [0.29, 0.717) is 59.8 Å². The third kappa shape index (κ3) is 35.2. The van der Waals surface area contributed by atoms with Gasteiger partial charge in [-0.3, -0.25) is 67.4 Å². The molecule has 0 saturated heterocycles. The third-order valence-electron chi connectivity index (χ3n) is 16.2. The molecular weight excluding hydrogens is 1450 g/mol. The minimum Gasteiger partial charge on any atom is -0.481 e. The lowest BCUT2D eigenvalue weighted by molar-refractivity contribution is -0.145. The summed E-state index contributed by atoms with van der Waals surface area (Å²) in [5, 5.41) is 82.2. The van der Waals surface area contributed by atoms with Crippen LogP contribution in [-0.2, 0) is 84.8 Å². The Balaban J connectivity index is 1.66. The van der Waals surface area contributed by atoms with Crippen molar-refractivity contribution in [1.82, 2.24) is 46.6 Å². The van der Waals surface area contributed by atoms with E-state index in [2.05, 4.69) is 31.9 Å².